The predicted octanol–water partition coefficient (Wildman–Crippen LogP) is 5.55. The van der Waals surface area contributed by atoms with E-state index in [0.717, 1.165) is 50.1 Å². The molecule has 0 fully saturated rings. The molecule has 2 bridgehead atoms. The molecule has 0 saturated carbocycles. The summed E-state index contributed by atoms with van der Waals surface area (Å²) in [6, 6.07) is 22.9. The van der Waals surface area contributed by atoms with Gasteiger partial charge in [0.25, 0.3) is 5.91 Å². The average Bonchev–Trinajstić information content (AvgIpc) is 2.83. The van der Waals surface area contributed by atoms with Gasteiger partial charge in [0.2, 0.25) is 0 Å². The van der Waals surface area contributed by atoms with Crippen molar-refractivity contribution in [2.24, 2.45) is 0 Å². The number of carbonyl (C=O) groups is 1. The fourth-order valence-corrected chi connectivity index (χ4v) is 4.59. The summed E-state index contributed by atoms with van der Waals surface area (Å²) in [6.07, 6.45) is 4.94. The molecule has 4 heteroatoms. The van der Waals surface area contributed by atoms with Crippen molar-refractivity contribution in [2.75, 3.05) is 26.7 Å². The molecule has 3 aromatic rings. The summed E-state index contributed by atoms with van der Waals surface area (Å²) in [6.45, 7) is 5.49. The van der Waals surface area contributed by atoms with E-state index in [0.29, 0.717) is 18.7 Å². The summed E-state index contributed by atoms with van der Waals surface area (Å²) in [4.78, 5) is 15.3. The molecule has 1 aliphatic heterocycles. The number of benzene rings is 3. The summed E-state index contributed by atoms with van der Waals surface area (Å²) in [7, 11) is 2.19. The summed E-state index contributed by atoms with van der Waals surface area (Å²) in [5.41, 5.74) is 6.84. The molecule has 0 aromatic heterocycles. The molecule has 3 aromatic carbocycles. The van der Waals surface area contributed by atoms with Crippen molar-refractivity contribution in [2.45, 2.75) is 45.6 Å². The van der Waals surface area contributed by atoms with Gasteiger partial charge in [0, 0.05) is 25.1 Å². The van der Waals surface area contributed by atoms with Gasteiger partial charge >= 0.3 is 0 Å². The maximum atomic E-state index is 12.9. The molecule has 0 spiro atoms. The lowest BCUT2D eigenvalue weighted by atomic mass is 9.99. The van der Waals surface area contributed by atoms with Crippen LogP contribution in [0.2, 0.25) is 0 Å². The van der Waals surface area contributed by atoms with Gasteiger partial charge < -0.3 is 15.0 Å². The summed E-state index contributed by atoms with van der Waals surface area (Å²) in [5, 5.41) is 3.09. The Morgan fingerprint density at radius 3 is 2.71 bits per heavy atom. The molecular formula is C30H36N2O2. The number of nitrogens with one attached hydrogen (secondary N) is 1. The van der Waals surface area contributed by atoms with Crippen LogP contribution in [0.15, 0.2) is 66.7 Å². The number of carbonyl (C=O) groups excluding carboxylic acids is 1. The first-order chi connectivity index (χ1) is 16.6. The number of hydrogen-bond acceptors (Lipinski definition) is 3. The number of hydrogen-bond donors (Lipinski definition) is 1. The first-order valence-corrected chi connectivity index (χ1v) is 12.4. The number of fused-ring (bicyclic) bond motifs is 3. The maximum absolute atomic E-state index is 12.9. The molecule has 4 nitrogen and oxygen atoms in total. The number of rotatable bonds is 4. The van der Waals surface area contributed by atoms with E-state index >= 15 is 0 Å². The van der Waals surface area contributed by atoms with Crippen LogP contribution in [0.4, 0.5) is 0 Å². The number of ether oxygens (including phenoxy) is 1. The van der Waals surface area contributed by atoms with Crippen molar-refractivity contribution in [3.8, 4) is 5.75 Å². The van der Waals surface area contributed by atoms with E-state index in [2.05, 4.69) is 60.6 Å². The van der Waals surface area contributed by atoms with E-state index < -0.39 is 0 Å². The SMILES string of the molecule is Cc1ccccc1CCNC(=O)c1ccc2c(c1)Cc1cccc(c1)CN(C)CCCCCO2. The predicted molar refractivity (Wildman–Crippen MR) is 139 cm³/mol. The van der Waals surface area contributed by atoms with Gasteiger partial charge in [0.1, 0.15) is 5.75 Å². The van der Waals surface area contributed by atoms with Crippen LogP contribution in [0.3, 0.4) is 0 Å². The molecule has 178 valence electrons. The molecule has 0 aliphatic carbocycles. The number of aryl methyl sites for hydroxylation is 1. The van der Waals surface area contributed by atoms with Crippen molar-refractivity contribution in [1.29, 1.82) is 0 Å². The molecule has 0 radical (unpaired) electrons. The number of nitrogens with zero attached hydrogens (tertiary/aromatic N) is 1. The molecule has 34 heavy (non-hydrogen) atoms. The highest BCUT2D eigenvalue weighted by molar-refractivity contribution is 5.94. The topological polar surface area (TPSA) is 41.6 Å². The average molecular weight is 457 g/mol. The highest BCUT2D eigenvalue weighted by Crippen LogP contribution is 2.25. The molecule has 1 N–H and O–H groups in total. The maximum Gasteiger partial charge on any atom is 0.251 e. The van der Waals surface area contributed by atoms with E-state index in [1.54, 1.807) is 0 Å². The van der Waals surface area contributed by atoms with Crippen LogP contribution >= 0.6 is 0 Å². The van der Waals surface area contributed by atoms with Gasteiger partial charge in [-0.3, -0.25) is 4.79 Å². The molecular weight excluding hydrogens is 420 g/mol. The van der Waals surface area contributed by atoms with Gasteiger partial charge in [-0.1, -0.05) is 48.5 Å². The minimum Gasteiger partial charge on any atom is -0.493 e. The van der Waals surface area contributed by atoms with E-state index in [4.69, 9.17) is 4.74 Å². The molecule has 0 atom stereocenters. The first-order valence-electron chi connectivity index (χ1n) is 12.4. The smallest absolute Gasteiger partial charge is 0.251 e. The van der Waals surface area contributed by atoms with Crippen molar-refractivity contribution >= 4 is 5.91 Å². The normalized spacial score (nSPS) is 15.0. The van der Waals surface area contributed by atoms with Crippen LogP contribution in [0.1, 0.15) is 57.4 Å². The van der Waals surface area contributed by atoms with E-state index in [-0.39, 0.29) is 5.91 Å². The Balaban J connectivity index is 1.50. The second kappa shape index (κ2) is 11.8. The van der Waals surface area contributed by atoms with Gasteiger partial charge in [-0.2, -0.15) is 0 Å². The van der Waals surface area contributed by atoms with E-state index in [1.807, 2.05) is 30.3 Å². The quantitative estimate of drug-likeness (QED) is 0.559. The fraction of sp³-hybridized carbons (Fsp3) is 0.367. The highest BCUT2D eigenvalue weighted by Gasteiger charge is 2.13. The van der Waals surface area contributed by atoms with Crippen LogP contribution in [0.5, 0.6) is 5.75 Å². The van der Waals surface area contributed by atoms with Gasteiger partial charge in [-0.15, -0.1) is 0 Å². The highest BCUT2D eigenvalue weighted by atomic mass is 16.5. The zero-order valence-electron chi connectivity index (χ0n) is 20.5. The Hall–Kier alpha value is -3.11. The van der Waals surface area contributed by atoms with Crippen molar-refractivity contribution < 1.29 is 9.53 Å². The minimum absolute atomic E-state index is 0.0360. The van der Waals surface area contributed by atoms with Crippen LogP contribution < -0.4 is 10.1 Å². The first kappa shape index (κ1) is 24.0. The lowest BCUT2D eigenvalue weighted by molar-refractivity contribution is 0.0954. The van der Waals surface area contributed by atoms with Crippen molar-refractivity contribution in [3.63, 3.8) is 0 Å². The molecule has 1 aliphatic rings. The zero-order valence-corrected chi connectivity index (χ0v) is 20.5. The zero-order chi connectivity index (χ0) is 23.8. The summed E-state index contributed by atoms with van der Waals surface area (Å²) >= 11 is 0. The molecule has 1 heterocycles. The standard InChI is InChI=1S/C30H36N2O2/c1-23-9-4-5-12-26(23)15-16-31-30(33)27-13-14-29-28(21-27)20-24-10-8-11-25(19-24)22-32(2)17-6-3-7-18-34-29/h4-5,8-14,19,21H,3,6-7,15-18,20,22H2,1-2H3,(H,31,33). The molecule has 4 rings (SSSR count). The third kappa shape index (κ3) is 6.71. The third-order valence-corrected chi connectivity index (χ3v) is 6.54. The Bertz CT molecular complexity index is 1110. The van der Waals surface area contributed by atoms with E-state index in [1.165, 1.54) is 28.7 Å². The number of amides is 1. The van der Waals surface area contributed by atoms with E-state index in [9.17, 15) is 4.79 Å². The van der Waals surface area contributed by atoms with Crippen LogP contribution in [0.25, 0.3) is 0 Å². The summed E-state index contributed by atoms with van der Waals surface area (Å²) in [5.74, 6) is 0.849. The Labute approximate surface area is 204 Å². The van der Waals surface area contributed by atoms with Crippen molar-refractivity contribution in [1.82, 2.24) is 10.2 Å². The Kier molecular flexibility index (Phi) is 8.37. The van der Waals surface area contributed by atoms with Crippen LogP contribution in [-0.4, -0.2) is 37.6 Å². The Morgan fingerprint density at radius 1 is 0.971 bits per heavy atom. The van der Waals surface area contributed by atoms with Gasteiger partial charge in [-0.25, -0.2) is 0 Å². The fourth-order valence-electron chi connectivity index (χ4n) is 4.59. The van der Waals surface area contributed by atoms with Gasteiger partial charge in [-0.05, 0) is 92.2 Å². The lowest BCUT2D eigenvalue weighted by Gasteiger charge is -2.19. The van der Waals surface area contributed by atoms with Crippen LogP contribution in [-0.2, 0) is 19.4 Å². The minimum atomic E-state index is -0.0360. The van der Waals surface area contributed by atoms with Gasteiger partial charge in [0.15, 0.2) is 0 Å². The van der Waals surface area contributed by atoms with Gasteiger partial charge in [0.05, 0.1) is 6.61 Å². The Morgan fingerprint density at radius 2 is 1.82 bits per heavy atom. The molecule has 1 amide bonds. The van der Waals surface area contributed by atoms with Crippen molar-refractivity contribution in [3.05, 3.63) is 100 Å². The summed E-state index contributed by atoms with van der Waals surface area (Å²) < 4.78 is 6.17. The second-order valence-corrected chi connectivity index (χ2v) is 9.40. The molecule has 0 unspecified atom stereocenters. The largest absolute Gasteiger partial charge is 0.493 e. The molecule has 0 saturated heterocycles. The lowest BCUT2D eigenvalue weighted by Crippen LogP contribution is -2.26. The van der Waals surface area contributed by atoms with Crippen LogP contribution in [0, 0.1) is 6.92 Å². The third-order valence-electron chi connectivity index (χ3n) is 6.54. The second-order valence-electron chi connectivity index (χ2n) is 9.40. The monoisotopic (exact) mass is 456 g/mol.